The van der Waals surface area contributed by atoms with Gasteiger partial charge in [-0.05, 0) is 6.07 Å². The highest BCUT2D eigenvalue weighted by Crippen LogP contribution is 2.21. The van der Waals surface area contributed by atoms with E-state index in [2.05, 4.69) is 9.72 Å². The average Bonchev–Trinajstić information content (AvgIpc) is 2.06. The van der Waals surface area contributed by atoms with E-state index in [1.54, 1.807) is 0 Å². The summed E-state index contributed by atoms with van der Waals surface area (Å²) >= 11 is 0. The molecule has 0 atom stereocenters. The fourth-order valence-corrected chi connectivity index (χ4v) is 0.697. The van der Waals surface area contributed by atoms with Crippen LogP contribution in [0.4, 0.5) is 17.6 Å². The zero-order chi connectivity index (χ0) is 10.8. The Kier molecular flexibility index (Phi) is 2.68. The van der Waals surface area contributed by atoms with Crippen molar-refractivity contribution in [2.24, 2.45) is 0 Å². The van der Waals surface area contributed by atoms with E-state index in [1.165, 1.54) is 0 Å². The maximum atomic E-state index is 12.6. The monoisotopic (exact) mass is 209 g/mol. The van der Waals surface area contributed by atoms with Crippen molar-refractivity contribution in [1.29, 1.82) is 0 Å². The van der Waals surface area contributed by atoms with E-state index in [-0.39, 0.29) is 6.29 Å². The fraction of sp³-hybridized carbons (Fsp3) is 0.143. The van der Waals surface area contributed by atoms with Gasteiger partial charge in [-0.3, -0.25) is 4.79 Å². The standard InChI is InChI=1S/C7H3F4NO2/c8-4-1-2-6(12-5(4)3-13)14-7(9,10)11/h1-3H. The van der Waals surface area contributed by atoms with Gasteiger partial charge in [-0.15, -0.1) is 13.2 Å². The zero-order valence-electron chi connectivity index (χ0n) is 6.51. The third-order valence-corrected chi connectivity index (χ3v) is 1.18. The molecule has 3 nitrogen and oxygen atoms in total. The smallest absolute Gasteiger partial charge is 0.388 e. The van der Waals surface area contributed by atoms with Crippen LogP contribution in [0.25, 0.3) is 0 Å². The summed E-state index contributed by atoms with van der Waals surface area (Å²) in [7, 11) is 0. The molecule has 0 radical (unpaired) electrons. The summed E-state index contributed by atoms with van der Waals surface area (Å²) in [5.41, 5.74) is -0.730. The van der Waals surface area contributed by atoms with Gasteiger partial charge < -0.3 is 4.74 Å². The first-order valence-corrected chi connectivity index (χ1v) is 3.30. The van der Waals surface area contributed by atoms with E-state index in [0.717, 1.165) is 0 Å². The van der Waals surface area contributed by atoms with Crippen LogP contribution in [0.3, 0.4) is 0 Å². The second kappa shape index (κ2) is 3.60. The van der Waals surface area contributed by atoms with Gasteiger partial charge in [0.2, 0.25) is 5.88 Å². The summed E-state index contributed by atoms with van der Waals surface area (Å²) < 4.78 is 50.8. The first kappa shape index (κ1) is 10.4. The molecule has 1 heterocycles. The van der Waals surface area contributed by atoms with Crippen molar-refractivity contribution in [1.82, 2.24) is 4.98 Å². The summed E-state index contributed by atoms with van der Waals surface area (Å²) in [5, 5.41) is 0. The predicted molar refractivity (Wildman–Crippen MR) is 36.3 cm³/mol. The van der Waals surface area contributed by atoms with Crippen molar-refractivity contribution in [3.8, 4) is 5.88 Å². The van der Waals surface area contributed by atoms with Gasteiger partial charge >= 0.3 is 6.36 Å². The number of carbonyl (C=O) groups is 1. The molecular formula is C7H3F4NO2. The normalized spacial score (nSPS) is 11.1. The average molecular weight is 209 g/mol. The number of pyridine rings is 1. The van der Waals surface area contributed by atoms with Crippen LogP contribution < -0.4 is 4.74 Å². The van der Waals surface area contributed by atoms with Crippen molar-refractivity contribution < 1.29 is 27.1 Å². The van der Waals surface area contributed by atoms with Gasteiger partial charge in [-0.25, -0.2) is 9.37 Å². The van der Waals surface area contributed by atoms with Crippen LogP contribution in [-0.2, 0) is 0 Å². The molecular weight excluding hydrogens is 206 g/mol. The lowest BCUT2D eigenvalue weighted by atomic mass is 10.3. The summed E-state index contributed by atoms with van der Waals surface area (Å²) in [4.78, 5) is 13.1. The molecule has 0 aliphatic carbocycles. The molecule has 0 unspecified atom stereocenters. The Balaban J connectivity index is 2.95. The SMILES string of the molecule is O=Cc1nc(OC(F)(F)F)ccc1F. The van der Waals surface area contributed by atoms with Crippen molar-refractivity contribution in [3.05, 3.63) is 23.6 Å². The molecule has 1 aromatic heterocycles. The lowest BCUT2D eigenvalue weighted by Crippen LogP contribution is -2.18. The van der Waals surface area contributed by atoms with Gasteiger partial charge in [0.25, 0.3) is 0 Å². The Labute approximate surface area is 75.3 Å². The van der Waals surface area contributed by atoms with E-state index < -0.39 is 23.8 Å². The molecule has 76 valence electrons. The number of alkyl halides is 3. The Morgan fingerprint density at radius 2 is 2.00 bits per heavy atom. The number of rotatable bonds is 2. The minimum Gasteiger partial charge on any atom is -0.388 e. The molecule has 0 aliphatic rings. The van der Waals surface area contributed by atoms with Gasteiger partial charge in [0, 0.05) is 6.07 Å². The second-order valence-corrected chi connectivity index (χ2v) is 2.18. The van der Waals surface area contributed by atoms with Crippen LogP contribution in [0.2, 0.25) is 0 Å². The highest BCUT2D eigenvalue weighted by atomic mass is 19.4. The van der Waals surface area contributed by atoms with Crippen molar-refractivity contribution in [2.75, 3.05) is 0 Å². The minimum absolute atomic E-state index is 0.00142. The molecule has 0 spiro atoms. The van der Waals surface area contributed by atoms with Crippen molar-refractivity contribution in [2.45, 2.75) is 6.36 Å². The molecule has 1 aromatic rings. The predicted octanol–water partition coefficient (Wildman–Crippen LogP) is 1.93. The number of nitrogens with zero attached hydrogens (tertiary/aromatic N) is 1. The highest BCUT2D eigenvalue weighted by molar-refractivity contribution is 5.72. The van der Waals surface area contributed by atoms with Crippen LogP contribution in [0.15, 0.2) is 12.1 Å². The Bertz CT molecular complexity index is 350. The summed E-state index contributed by atoms with van der Waals surface area (Å²) in [6, 6.07) is 1.34. The molecule has 0 bridgehead atoms. The molecule has 0 saturated heterocycles. The third-order valence-electron chi connectivity index (χ3n) is 1.18. The highest BCUT2D eigenvalue weighted by Gasteiger charge is 2.32. The van der Waals surface area contributed by atoms with E-state index >= 15 is 0 Å². The van der Waals surface area contributed by atoms with E-state index in [4.69, 9.17) is 0 Å². The van der Waals surface area contributed by atoms with Gasteiger partial charge in [-0.1, -0.05) is 0 Å². The molecule has 0 amide bonds. The minimum atomic E-state index is -4.91. The molecule has 0 saturated carbocycles. The molecule has 0 aromatic carbocycles. The number of hydrogen-bond acceptors (Lipinski definition) is 3. The van der Waals surface area contributed by atoms with Gasteiger partial charge in [0.1, 0.15) is 5.69 Å². The van der Waals surface area contributed by atoms with Gasteiger partial charge in [-0.2, -0.15) is 0 Å². The maximum absolute atomic E-state index is 12.6. The maximum Gasteiger partial charge on any atom is 0.574 e. The first-order chi connectivity index (χ1) is 6.42. The fourth-order valence-electron chi connectivity index (χ4n) is 0.697. The largest absolute Gasteiger partial charge is 0.574 e. The number of carbonyl (C=O) groups excluding carboxylic acids is 1. The van der Waals surface area contributed by atoms with Gasteiger partial charge in [0.05, 0.1) is 0 Å². The summed E-state index contributed by atoms with van der Waals surface area (Å²) in [6.45, 7) is 0. The quantitative estimate of drug-likeness (QED) is 0.551. The van der Waals surface area contributed by atoms with Crippen molar-refractivity contribution in [3.63, 3.8) is 0 Å². The van der Waals surface area contributed by atoms with E-state index in [1.807, 2.05) is 0 Å². The Morgan fingerprint density at radius 3 is 2.50 bits per heavy atom. The topological polar surface area (TPSA) is 39.2 Å². The molecule has 1 rings (SSSR count). The molecule has 0 N–H and O–H groups in total. The summed E-state index contributed by atoms with van der Waals surface area (Å²) in [6.07, 6.45) is -4.91. The number of ether oxygens (including phenoxy) is 1. The Morgan fingerprint density at radius 1 is 1.36 bits per heavy atom. The molecule has 7 heteroatoms. The first-order valence-electron chi connectivity index (χ1n) is 3.30. The van der Waals surface area contributed by atoms with Crippen LogP contribution >= 0.6 is 0 Å². The van der Waals surface area contributed by atoms with Crippen LogP contribution in [0.5, 0.6) is 5.88 Å². The summed E-state index contributed by atoms with van der Waals surface area (Å²) in [5.74, 6) is -1.88. The Hall–Kier alpha value is -1.66. The van der Waals surface area contributed by atoms with Crippen molar-refractivity contribution >= 4 is 6.29 Å². The number of aromatic nitrogens is 1. The van der Waals surface area contributed by atoms with Crippen LogP contribution in [-0.4, -0.2) is 17.6 Å². The molecule has 14 heavy (non-hydrogen) atoms. The van der Waals surface area contributed by atoms with Crippen LogP contribution in [0, 0.1) is 5.82 Å². The number of halogens is 4. The van der Waals surface area contributed by atoms with E-state index in [9.17, 15) is 22.4 Å². The molecule has 0 aliphatic heterocycles. The zero-order valence-corrected chi connectivity index (χ0v) is 6.51. The van der Waals surface area contributed by atoms with Gasteiger partial charge in [0.15, 0.2) is 12.1 Å². The number of hydrogen-bond donors (Lipinski definition) is 0. The van der Waals surface area contributed by atoms with Crippen LogP contribution in [0.1, 0.15) is 10.5 Å². The lowest BCUT2D eigenvalue weighted by molar-refractivity contribution is -0.276. The number of aldehydes is 1. The molecule has 0 fully saturated rings. The third kappa shape index (κ3) is 2.68. The second-order valence-electron chi connectivity index (χ2n) is 2.18. The lowest BCUT2D eigenvalue weighted by Gasteiger charge is -2.07. The van der Waals surface area contributed by atoms with E-state index in [0.29, 0.717) is 12.1 Å².